The summed E-state index contributed by atoms with van der Waals surface area (Å²) in [5, 5.41) is 7.14. The van der Waals surface area contributed by atoms with Crippen molar-refractivity contribution in [3.05, 3.63) is 91.3 Å². The number of hydrazone groups is 1. The lowest BCUT2D eigenvalue weighted by atomic mass is 10.1. The van der Waals surface area contributed by atoms with Crippen LogP contribution in [0.5, 0.6) is 5.75 Å². The Morgan fingerprint density at radius 3 is 2.38 bits per heavy atom. The predicted octanol–water partition coefficient (Wildman–Crippen LogP) is 5.95. The number of halogens is 3. The molecule has 0 saturated carbocycles. The highest BCUT2D eigenvalue weighted by Gasteiger charge is 2.12. The van der Waals surface area contributed by atoms with Gasteiger partial charge in [-0.25, -0.2) is 5.43 Å². The second-order valence-corrected chi connectivity index (χ2v) is 8.81. The van der Waals surface area contributed by atoms with E-state index >= 15 is 0 Å². The topological polar surface area (TPSA) is 79.8 Å². The highest BCUT2D eigenvalue weighted by molar-refractivity contribution is 9.11. The van der Waals surface area contributed by atoms with Gasteiger partial charge in [-0.1, -0.05) is 41.4 Å². The average Bonchev–Trinajstić information content (AvgIpc) is 2.75. The minimum absolute atomic E-state index is 0.206. The Labute approximate surface area is 207 Å². The Morgan fingerprint density at radius 2 is 1.72 bits per heavy atom. The molecule has 0 heterocycles. The van der Waals surface area contributed by atoms with Crippen molar-refractivity contribution >= 4 is 67.2 Å². The van der Waals surface area contributed by atoms with Gasteiger partial charge < -0.3 is 10.1 Å². The molecule has 0 saturated heterocycles. The smallest absolute Gasteiger partial charge is 0.271 e. The molecule has 32 heavy (non-hydrogen) atoms. The van der Waals surface area contributed by atoms with E-state index in [1.807, 2.05) is 19.1 Å². The number of aryl methyl sites for hydroxylation is 1. The molecule has 3 aromatic carbocycles. The normalized spacial score (nSPS) is 10.8. The monoisotopic (exact) mass is 577 g/mol. The van der Waals surface area contributed by atoms with Crippen LogP contribution in [0.25, 0.3) is 0 Å². The number of para-hydroxylation sites is 1. The molecular formula is C23H18Br2ClN3O3. The molecule has 0 unspecified atom stereocenters. The third-order valence-corrected chi connectivity index (χ3v) is 5.72. The van der Waals surface area contributed by atoms with E-state index in [-0.39, 0.29) is 18.4 Å². The molecule has 0 atom stereocenters. The Morgan fingerprint density at radius 1 is 1.06 bits per heavy atom. The molecule has 2 N–H and O–H groups in total. The molecule has 0 aliphatic heterocycles. The van der Waals surface area contributed by atoms with Gasteiger partial charge >= 0.3 is 0 Å². The molecule has 164 valence electrons. The maximum Gasteiger partial charge on any atom is 0.271 e. The van der Waals surface area contributed by atoms with Crippen LogP contribution in [0.3, 0.4) is 0 Å². The summed E-state index contributed by atoms with van der Waals surface area (Å²) in [6.45, 7) is 1.75. The zero-order valence-electron chi connectivity index (χ0n) is 16.9. The number of ether oxygens (including phenoxy) is 1. The summed E-state index contributed by atoms with van der Waals surface area (Å²) in [4.78, 5) is 24.3. The summed E-state index contributed by atoms with van der Waals surface area (Å²) in [5.41, 5.74) is 5.31. The number of carbonyl (C=O) groups is 2. The minimum atomic E-state index is -0.346. The summed E-state index contributed by atoms with van der Waals surface area (Å²) < 4.78 is 6.87. The highest BCUT2D eigenvalue weighted by Crippen LogP contribution is 2.34. The maximum atomic E-state index is 12.2. The number of nitrogens with one attached hydrogen (secondary N) is 2. The number of hydrogen-bond donors (Lipinski definition) is 2. The van der Waals surface area contributed by atoms with Crippen molar-refractivity contribution < 1.29 is 14.3 Å². The third kappa shape index (κ3) is 6.66. The molecule has 0 radical (unpaired) electrons. The number of hydrogen-bond acceptors (Lipinski definition) is 4. The number of nitrogens with zero attached hydrogens (tertiary/aromatic N) is 1. The molecule has 0 spiro atoms. The number of anilines is 1. The van der Waals surface area contributed by atoms with Crippen molar-refractivity contribution in [2.24, 2.45) is 5.10 Å². The van der Waals surface area contributed by atoms with Gasteiger partial charge in [0, 0.05) is 5.56 Å². The summed E-state index contributed by atoms with van der Waals surface area (Å²) >= 11 is 12.9. The van der Waals surface area contributed by atoms with Crippen molar-refractivity contribution in [1.82, 2.24) is 5.43 Å². The van der Waals surface area contributed by atoms with E-state index in [1.54, 1.807) is 48.5 Å². The minimum Gasteiger partial charge on any atom is -0.481 e. The molecule has 0 aliphatic carbocycles. The number of carbonyl (C=O) groups excluding carboxylic acids is 2. The van der Waals surface area contributed by atoms with E-state index < -0.39 is 0 Å². The lowest BCUT2D eigenvalue weighted by Crippen LogP contribution is -2.20. The first kappa shape index (κ1) is 24.0. The number of benzene rings is 3. The van der Waals surface area contributed by atoms with Crippen LogP contribution in [0.4, 0.5) is 5.69 Å². The first-order chi connectivity index (χ1) is 15.3. The van der Waals surface area contributed by atoms with Gasteiger partial charge in [-0.3, -0.25) is 9.59 Å². The van der Waals surface area contributed by atoms with Crippen LogP contribution in [0, 0.1) is 6.92 Å². The first-order valence-electron chi connectivity index (χ1n) is 9.40. The van der Waals surface area contributed by atoms with Gasteiger partial charge in [0.15, 0.2) is 6.61 Å². The summed E-state index contributed by atoms with van der Waals surface area (Å²) in [6.07, 6.45) is 1.51. The van der Waals surface area contributed by atoms with Crippen LogP contribution >= 0.6 is 43.5 Å². The molecule has 6 nitrogen and oxygen atoms in total. The van der Waals surface area contributed by atoms with E-state index in [0.29, 0.717) is 36.5 Å². The summed E-state index contributed by atoms with van der Waals surface area (Å²) in [7, 11) is 0. The zero-order valence-corrected chi connectivity index (χ0v) is 20.8. The second-order valence-electron chi connectivity index (χ2n) is 6.70. The Bertz CT molecular complexity index is 1140. The standard InChI is InChI=1S/C23H18Br2ClN3O3/c1-14-6-8-16(9-7-14)23(31)29-27-12-15-10-17(24)22(18(25)11-15)32-13-21(30)28-20-5-3-2-4-19(20)26/h2-12H,13H2,1H3,(H,28,30)(H,29,31)/b27-12+. The highest BCUT2D eigenvalue weighted by atomic mass is 79.9. The zero-order chi connectivity index (χ0) is 23.1. The van der Waals surface area contributed by atoms with Crippen LogP contribution < -0.4 is 15.5 Å². The lowest BCUT2D eigenvalue weighted by molar-refractivity contribution is -0.118. The predicted molar refractivity (Wildman–Crippen MR) is 134 cm³/mol. The molecule has 0 aromatic heterocycles. The molecule has 0 fully saturated rings. The lowest BCUT2D eigenvalue weighted by Gasteiger charge is -2.12. The molecule has 2 amide bonds. The summed E-state index contributed by atoms with van der Waals surface area (Å²) in [5.74, 6) is -0.189. The molecule has 0 aliphatic rings. The van der Waals surface area contributed by atoms with E-state index in [0.717, 1.165) is 5.56 Å². The molecule has 3 rings (SSSR count). The number of rotatable bonds is 7. The average molecular weight is 580 g/mol. The summed E-state index contributed by atoms with van der Waals surface area (Å²) in [6, 6.07) is 17.7. The van der Waals surface area contributed by atoms with Gasteiger partial charge in [-0.15, -0.1) is 0 Å². The molecule has 3 aromatic rings. The fourth-order valence-corrected chi connectivity index (χ4v) is 4.25. The largest absolute Gasteiger partial charge is 0.481 e. The number of amides is 2. The first-order valence-corrected chi connectivity index (χ1v) is 11.4. The van der Waals surface area contributed by atoms with Gasteiger partial charge in [-0.05, 0) is 80.7 Å². The van der Waals surface area contributed by atoms with Crippen LogP contribution in [-0.4, -0.2) is 24.6 Å². The van der Waals surface area contributed by atoms with Gasteiger partial charge in [0.1, 0.15) is 5.75 Å². The molecular weight excluding hydrogens is 562 g/mol. The van der Waals surface area contributed by atoms with Crippen molar-refractivity contribution in [2.75, 3.05) is 11.9 Å². The van der Waals surface area contributed by atoms with E-state index in [9.17, 15) is 9.59 Å². The van der Waals surface area contributed by atoms with E-state index in [4.69, 9.17) is 16.3 Å². The van der Waals surface area contributed by atoms with Crippen molar-refractivity contribution in [1.29, 1.82) is 0 Å². The fourth-order valence-electron chi connectivity index (χ4n) is 2.61. The van der Waals surface area contributed by atoms with Gasteiger partial charge in [0.05, 0.1) is 25.9 Å². The molecule has 9 heteroatoms. The third-order valence-electron chi connectivity index (χ3n) is 4.21. The maximum absolute atomic E-state index is 12.2. The van der Waals surface area contributed by atoms with E-state index in [2.05, 4.69) is 47.7 Å². The molecule has 0 bridgehead atoms. The van der Waals surface area contributed by atoms with Crippen LogP contribution in [0.1, 0.15) is 21.5 Å². The Hall–Kier alpha value is -2.68. The van der Waals surface area contributed by atoms with Crippen LogP contribution in [0.15, 0.2) is 74.7 Å². The van der Waals surface area contributed by atoms with Crippen molar-refractivity contribution in [3.63, 3.8) is 0 Å². The van der Waals surface area contributed by atoms with Crippen molar-refractivity contribution in [3.8, 4) is 5.75 Å². The quantitative estimate of drug-likeness (QED) is 0.268. The Balaban J connectivity index is 1.59. The second kappa shape index (κ2) is 11.3. The van der Waals surface area contributed by atoms with Crippen LogP contribution in [-0.2, 0) is 4.79 Å². The van der Waals surface area contributed by atoms with Gasteiger partial charge in [0.25, 0.3) is 11.8 Å². The van der Waals surface area contributed by atoms with Crippen molar-refractivity contribution in [2.45, 2.75) is 6.92 Å². The fraction of sp³-hybridized carbons (Fsp3) is 0.0870. The Kier molecular flexibility index (Phi) is 8.44. The van der Waals surface area contributed by atoms with Crippen LogP contribution in [0.2, 0.25) is 5.02 Å². The van der Waals surface area contributed by atoms with Gasteiger partial charge in [-0.2, -0.15) is 5.10 Å². The van der Waals surface area contributed by atoms with E-state index in [1.165, 1.54) is 6.21 Å². The SMILES string of the molecule is Cc1ccc(C(=O)N/N=C/c2cc(Br)c(OCC(=O)Nc3ccccc3Cl)c(Br)c2)cc1. The van der Waals surface area contributed by atoms with Gasteiger partial charge in [0.2, 0.25) is 0 Å².